The highest BCUT2D eigenvalue weighted by atomic mass is 35.5. The summed E-state index contributed by atoms with van der Waals surface area (Å²) in [5, 5.41) is 0.528. The van der Waals surface area contributed by atoms with E-state index < -0.39 is 6.04 Å². The summed E-state index contributed by atoms with van der Waals surface area (Å²) < 4.78 is 0. The number of halogens is 1. The van der Waals surface area contributed by atoms with Crippen LogP contribution in [-0.4, -0.2) is 60.2 Å². The number of para-hydroxylation sites is 1. The summed E-state index contributed by atoms with van der Waals surface area (Å²) in [5.41, 5.74) is 0.684. The Labute approximate surface area is 164 Å². The van der Waals surface area contributed by atoms with Crippen LogP contribution in [0.15, 0.2) is 36.9 Å². The van der Waals surface area contributed by atoms with Gasteiger partial charge in [0, 0.05) is 32.6 Å². The molecule has 2 aliphatic heterocycles. The first-order chi connectivity index (χ1) is 12.9. The van der Waals surface area contributed by atoms with Crippen LogP contribution in [0.2, 0.25) is 5.02 Å². The van der Waals surface area contributed by atoms with Gasteiger partial charge in [0.05, 0.1) is 10.7 Å². The molecule has 0 N–H and O–H groups in total. The van der Waals surface area contributed by atoms with Crippen molar-refractivity contribution >= 4 is 35.0 Å². The maximum absolute atomic E-state index is 12.9. The second-order valence-electron chi connectivity index (χ2n) is 7.00. The van der Waals surface area contributed by atoms with E-state index >= 15 is 0 Å². The third-order valence-corrected chi connectivity index (χ3v) is 5.79. The molecule has 3 rings (SSSR count). The SMILES string of the molecule is C=CC(=O)N1CCC(C(=O)N(C)C2CCN(c3ccccc3Cl)C2=O)CC1. The van der Waals surface area contributed by atoms with Crippen molar-refractivity contribution in [2.75, 3.05) is 31.6 Å². The Bertz CT molecular complexity index is 759. The summed E-state index contributed by atoms with van der Waals surface area (Å²) in [6, 6.07) is 6.76. The Hall–Kier alpha value is -2.34. The van der Waals surface area contributed by atoms with Gasteiger partial charge < -0.3 is 14.7 Å². The van der Waals surface area contributed by atoms with Gasteiger partial charge in [-0.3, -0.25) is 14.4 Å². The van der Waals surface area contributed by atoms with Gasteiger partial charge in [0.1, 0.15) is 6.04 Å². The summed E-state index contributed by atoms with van der Waals surface area (Å²) in [5.74, 6) is -0.389. The molecule has 3 amide bonds. The highest BCUT2D eigenvalue weighted by Gasteiger charge is 2.40. The molecular weight excluding hydrogens is 366 g/mol. The predicted octanol–water partition coefficient (Wildman–Crippen LogP) is 2.33. The largest absolute Gasteiger partial charge is 0.339 e. The number of likely N-dealkylation sites (tertiary alicyclic amines) is 1. The van der Waals surface area contributed by atoms with Crippen molar-refractivity contribution in [3.8, 4) is 0 Å². The average molecular weight is 390 g/mol. The molecule has 27 heavy (non-hydrogen) atoms. The van der Waals surface area contributed by atoms with Crippen LogP contribution in [0.4, 0.5) is 5.69 Å². The molecule has 0 bridgehead atoms. The first-order valence-electron chi connectivity index (χ1n) is 9.18. The van der Waals surface area contributed by atoms with Gasteiger partial charge in [0.25, 0.3) is 0 Å². The van der Waals surface area contributed by atoms with E-state index in [4.69, 9.17) is 11.6 Å². The molecule has 0 aliphatic carbocycles. The Balaban J connectivity index is 1.63. The molecular formula is C20H24ClN3O3. The van der Waals surface area contributed by atoms with Crippen molar-refractivity contribution in [3.05, 3.63) is 41.9 Å². The quantitative estimate of drug-likeness (QED) is 0.742. The van der Waals surface area contributed by atoms with E-state index in [2.05, 4.69) is 6.58 Å². The van der Waals surface area contributed by atoms with Crippen molar-refractivity contribution in [3.63, 3.8) is 0 Å². The van der Waals surface area contributed by atoms with Crippen LogP contribution in [0.1, 0.15) is 19.3 Å². The molecule has 0 saturated carbocycles. The third-order valence-electron chi connectivity index (χ3n) is 5.47. The standard InChI is InChI=1S/C20H24ClN3O3/c1-3-18(25)23-11-8-14(9-12-23)19(26)22(2)17-10-13-24(20(17)27)16-7-5-4-6-15(16)21/h3-7,14,17H,1,8-13H2,2H3. The Morgan fingerprint density at radius 2 is 1.85 bits per heavy atom. The lowest BCUT2D eigenvalue weighted by Crippen LogP contribution is -2.48. The maximum Gasteiger partial charge on any atom is 0.249 e. The number of carbonyl (C=O) groups excluding carboxylic acids is 3. The molecule has 1 aromatic rings. The Morgan fingerprint density at radius 1 is 1.19 bits per heavy atom. The maximum atomic E-state index is 12.9. The summed E-state index contributed by atoms with van der Waals surface area (Å²) in [6.45, 7) is 5.12. The number of hydrogen-bond donors (Lipinski definition) is 0. The molecule has 2 saturated heterocycles. The normalized spacial score (nSPS) is 20.7. The molecule has 0 radical (unpaired) electrons. The number of anilines is 1. The van der Waals surface area contributed by atoms with Crippen molar-refractivity contribution in [2.24, 2.45) is 5.92 Å². The second kappa shape index (κ2) is 8.13. The molecule has 1 unspecified atom stereocenters. The molecule has 7 heteroatoms. The van der Waals surface area contributed by atoms with E-state index in [0.717, 1.165) is 0 Å². The number of likely N-dealkylation sites (N-methyl/N-ethyl adjacent to an activating group) is 1. The number of hydrogen-bond acceptors (Lipinski definition) is 3. The summed E-state index contributed by atoms with van der Waals surface area (Å²) in [4.78, 5) is 42.4. The predicted molar refractivity (Wildman–Crippen MR) is 104 cm³/mol. The number of benzene rings is 1. The molecule has 6 nitrogen and oxygen atoms in total. The molecule has 144 valence electrons. The van der Waals surface area contributed by atoms with Gasteiger partial charge >= 0.3 is 0 Å². The average Bonchev–Trinajstić information content (AvgIpc) is 3.08. The Kier molecular flexibility index (Phi) is 5.85. The molecule has 2 aliphatic rings. The number of carbonyl (C=O) groups is 3. The summed E-state index contributed by atoms with van der Waals surface area (Å²) >= 11 is 6.22. The topological polar surface area (TPSA) is 60.9 Å². The van der Waals surface area contributed by atoms with Crippen LogP contribution >= 0.6 is 11.6 Å². The first-order valence-corrected chi connectivity index (χ1v) is 9.55. The van der Waals surface area contributed by atoms with Crippen LogP contribution in [-0.2, 0) is 14.4 Å². The molecule has 1 aromatic carbocycles. The van der Waals surface area contributed by atoms with Gasteiger partial charge in [-0.25, -0.2) is 0 Å². The lowest BCUT2D eigenvalue weighted by atomic mass is 9.94. The van der Waals surface area contributed by atoms with Gasteiger partial charge in [-0.2, -0.15) is 0 Å². The smallest absolute Gasteiger partial charge is 0.249 e. The van der Waals surface area contributed by atoms with Crippen molar-refractivity contribution in [2.45, 2.75) is 25.3 Å². The number of nitrogens with zero attached hydrogens (tertiary/aromatic N) is 3. The number of rotatable bonds is 4. The minimum atomic E-state index is -0.471. The fraction of sp³-hybridized carbons (Fsp3) is 0.450. The fourth-order valence-corrected chi connectivity index (χ4v) is 4.09. The molecule has 1 atom stereocenters. The molecule has 2 heterocycles. The van der Waals surface area contributed by atoms with Crippen LogP contribution < -0.4 is 4.90 Å². The van der Waals surface area contributed by atoms with Crippen molar-refractivity contribution in [1.82, 2.24) is 9.80 Å². The third kappa shape index (κ3) is 3.86. The second-order valence-corrected chi connectivity index (χ2v) is 7.41. The number of piperidine rings is 1. The van der Waals surface area contributed by atoms with Crippen LogP contribution in [0.25, 0.3) is 0 Å². The van der Waals surface area contributed by atoms with E-state index in [1.54, 1.807) is 27.8 Å². The highest BCUT2D eigenvalue weighted by Crippen LogP contribution is 2.31. The summed E-state index contributed by atoms with van der Waals surface area (Å²) in [6.07, 6.45) is 3.10. The first kappa shape index (κ1) is 19.4. The molecule has 0 spiro atoms. The van der Waals surface area contributed by atoms with Crippen LogP contribution in [0.5, 0.6) is 0 Å². The Morgan fingerprint density at radius 3 is 2.48 bits per heavy atom. The number of amides is 3. The van der Waals surface area contributed by atoms with Gasteiger partial charge in [0.15, 0.2) is 0 Å². The van der Waals surface area contributed by atoms with Gasteiger partial charge in [-0.1, -0.05) is 30.3 Å². The van der Waals surface area contributed by atoms with Crippen molar-refractivity contribution < 1.29 is 14.4 Å². The van der Waals surface area contributed by atoms with E-state index in [0.29, 0.717) is 49.6 Å². The monoisotopic (exact) mass is 389 g/mol. The van der Waals surface area contributed by atoms with E-state index in [-0.39, 0.29) is 23.6 Å². The van der Waals surface area contributed by atoms with E-state index in [1.165, 1.54) is 6.08 Å². The van der Waals surface area contributed by atoms with Crippen LogP contribution in [0.3, 0.4) is 0 Å². The fourth-order valence-electron chi connectivity index (χ4n) is 3.85. The molecule has 0 aromatic heterocycles. The zero-order valence-corrected chi connectivity index (χ0v) is 16.2. The van der Waals surface area contributed by atoms with Gasteiger partial charge in [-0.15, -0.1) is 0 Å². The van der Waals surface area contributed by atoms with Crippen LogP contribution in [0, 0.1) is 5.92 Å². The van der Waals surface area contributed by atoms with E-state index in [1.807, 2.05) is 18.2 Å². The van der Waals surface area contributed by atoms with Crippen molar-refractivity contribution in [1.29, 1.82) is 0 Å². The zero-order chi connectivity index (χ0) is 19.6. The lowest BCUT2D eigenvalue weighted by Gasteiger charge is -2.34. The summed E-state index contributed by atoms with van der Waals surface area (Å²) in [7, 11) is 1.70. The van der Waals surface area contributed by atoms with E-state index in [9.17, 15) is 14.4 Å². The van der Waals surface area contributed by atoms with Gasteiger partial charge in [-0.05, 0) is 37.5 Å². The van der Waals surface area contributed by atoms with Gasteiger partial charge in [0.2, 0.25) is 17.7 Å². The minimum Gasteiger partial charge on any atom is -0.339 e. The zero-order valence-electron chi connectivity index (χ0n) is 15.4. The highest BCUT2D eigenvalue weighted by molar-refractivity contribution is 6.34. The minimum absolute atomic E-state index is 0.0277. The lowest BCUT2D eigenvalue weighted by molar-refractivity contribution is -0.142. The molecule has 2 fully saturated rings.